The molecule has 9 nitrogen and oxygen atoms in total. The maximum absolute atomic E-state index is 12.4. The Morgan fingerprint density at radius 3 is 2.47 bits per heavy atom. The van der Waals surface area contributed by atoms with Gasteiger partial charge in [-0.3, -0.25) is 14.9 Å². The number of methoxy groups -OCH3 is 1. The Hall–Kier alpha value is -3.62. The topological polar surface area (TPSA) is 102 Å². The zero-order valence-electron chi connectivity index (χ0n) is 16.9. The smallest absolute Gasteiger partial charge is 0.338 e. The summed E-state index contributed by atoms with van der Waals surface area (Å²) in [5.41, 5.74) is 1.30. The number of carbonyl (C=O) groups excluding carboxylic acids is 2. The molecule has 158 valence electrons. The number of amides is 1. The van der Waals surface area contributed by atoms with Crippen LogP contribution in [-0.2, 0) is 9.53 Å². The number of hydrogen-bond acceptors (Lipinski definition) is 7. The van der Waals surface area contributed by atoms with E-state index in [1.165, 1.54) is 12.1 Å². The number of hydrogen-bond donors (Lipinski definition) is 0. The van der Waals surface area contributed by atoms with Crippen LogP contribution in [0.1, 0.15) is 15.9 Å². The van der Waals surface area contributed by atoms with Crippen LogP contribution in [-0.4, -0.2) is 61.6 Å². The average Bonchev–Trinajstić information content (AvgIpc) is 2.77. The molecule has 0 radical (unpaired) electrons. The van der Waals surface area contributed by atoms with E-state index in [1.54, 1.807) is 18.9 Å². The number of aryl methyl sites for hydroxylation is 1. The number of rotatable bonds is 6. The number of piperazine rings is 1. The van der Waals surface area contributed by atoms with Crippen molar-refractivity contribution in [1.29, 1.82) is 0 Å². The minimum Gasteiger partial charge on any atom is -0.495 e. The van der Waals surface area contributed by atoms with Gasteiger partial charge in [0, 0.05) is 37.8 Å². The highest BCUT2D eigenvalue weighted by Crippen LogP contribution is 2.28. The zero-order chi connectivity index (χ0) is 21.7. The highest BCUT2D eigenvalue weighted by molar-refractivity contribution is 5.92. The van der Waals surface area contributed by atoms with E-state index in [0.29, 0.717) is 31.7 Å². The molecule has 1 heterocycles. The Morgan fingerprint density at radius 1 is 1.10 bits per heavy atom. The number of esters is 1. The van der Waals surface area contributed by atoms with E-state index in [-0.39, 0.29) is 17.2 Å². The van der Waals surface area contributed by atoms with Crippen molar-refractivity contribution in [2.24, 2.45) is 0 Å². The van der Waals surface area contributed by atoms with Crippen LogP contribution in [0.25, 0.3) is 0 Å². The molecule has 0 unspecified atom stereocenters. The molecule has 1 fully saturated rings. The monoisotopic (exact) mass is 413 g/mol. The van der Waals surface area contributed by atoms with Gasteiger partial charge in [0.1, 0.15) is 5.75 Å². The van der Waals surface area contributed by atoms with E-state index >= 15 is 0 Å². The number of nitro benzene ring substituents is 1. The van der Waals surface area contributed by atoms with Gasteiger partial charge in [0.05, 0.1) is 23.3 Å². The van der Waals surface area contributed by atoms with Gasteiger partial charge in [0.15, 0.2) is 6.61 Å². The van der Waals surface area contributed by atoms with Crippen LogP contribution >= 0.6 is 0 Å². The summed E-state index contributed by atoms with van der Waals surface area (Å²) in [5, 5.41) is 11.0. The van der Waals surface area contributed by atoms with Crippen molar-refractivity contribution < 1.29 is 24.0 Å². The summed E-state index contributed by atoms with van der Waals surface area (Å²) in [4.78, 5) is 38.9. The number of anilines is 1. The Morgan fingerprint density at radius 2 is 1.80 bits per heavy atom. The normalized spacial score (nSPS) is 13.7. The molecule has 30 heavy (non-hydrogen) atoms. The van der Waals surface area contributed by atoms with Crippen LogP contribution in [0.4, 0.5) is 11.4 Å². The lowest BCUT2D eigenvalue weighted by atomic mass is 10.1. The van der Waals surface area contributed by atoms with Crippen molar-refractivity contribution >= 4 is 23.3 Å². The summed E-state index contributed by atoms with van der Waals surface area (Å²) < 4.78 is 10.5. The Labute approximate surface area is 173 Å². The predicted octanol–water partition coefficient (Wildman–Crippen LogP) is 2.42. The van der Waals surface area contributed by atoms with Crippen molar-refractivity contribution in [3.8, 4) is 5.75 Å². The van der Waals surface area contributed by atoms with Gasteiger partial charge in [0.2, 0.25) is 0 Å². The first-order chi connectivity index (χ1) is 14.4. The summed E-state index contributed by atoms with van der Waals surface area (Å²) in [7, 11) is 1.62. The second-order valence-electron chi connectivity index (χ2n) is 6.87. The van der Waals surface area contributed by atoms with Gasteiger partial charge < -0.3 is 19.3 Å². The molecule has 0 saturated carbocycles. The summed E-state index contributed by atoms with van der Waals surface area (Å²) in [5.74, 6) is -0.290. The molecule has 9 heteroatoms. The fraction of sp³-hybridized carbons (Fsp3) is 0.333. The highest BCUT2D eigenvalue weighted by atomic mass is 16.6. The Kier molecular flexibility index (Phi) is 6.51. The quantitative estimate of drug-likeness (QED) is 0.407. The van der Waals surface area contributed by atoms with Crippen molar-refractivity contribution in [1.82, 2.24) is 4.90 Å². The molecule has 1 aliphatic rings. The minimum atomic E-state index is -0.765. The average molecular weight is 413 g/mol. The van der Waals surface area contributed by atoms with Gasteiger partial charge in [-0.15, -0.1) is 0 Å². The third-order valence-electron chi connectivity index (χ3n) is 5.03. The Balaban J connectivity index is 1.53. The molecular weight excluding hydrogens is 390 g/mol. The molecule has 2 aromatic carbocycles. The van der Waals surface area contributed by atoms with Gasteiger partial charge in [-0.05, 0) is 25.1 Å². The van der Waals surface area contributed by atoms with E-state index in [1.807, 2.05) is 24.3 Å². The SMILES string of the molecule is COc1ccccc1N1CCN(C(=O)COC(=O)c2ccc(C)c([N+](=O)[O-])c2)CC1. The molecule has 0 N–H and O–H groups in total. The van der Waals surface area contributed by atoms with Crippen molar-refractivity contribution in [2.45, 2.75) is 6.92 Å². The van der Waals surface area contributed by atoms with Crippen LogP contribution in [0.3, 0.4) is 0 Å². The lowest BCUT2D eigenvalue weighted by molar-refractivity contribution is -0.385. The van der Waals surface area contributed by atoms with Crippen LogP contribution in [0, 0.1) is 17.0 Å². The fourth-order valence-corrected chi connectivity index (χ4v) is 3.32. The molecule has 0 atom stereocenters. The minimum absolute atomic E-state index is 0.0427. The second kappa shape index (κ2) is 9.25. The Bertz CT molecular complexity index is 954. The predicted molar refractivity (Wildman–Crippen MR) is 110 cm³/mol. The number of ether oxygens (including phenoxy) is 2. The van der Waals surface area contributed by atoms with Gasteiger partial charge in [-0.25, -0.2) is 4.79 Å². The standard InChI is InChI=1S/C21H23N3O6/c1-15-7-8-16(13-18(15)24(27)28)21(26)30-14-20(25)23-11-9-22(10-12-23)17-5-3-4-6-19(17)29-2/h3-8,13H,9-12,14H2,1-2H3. The maximum Gasteiger partial charge on any atom is 0.338 e. The first kappa shape index (κ1) is 21.1. The molecule has 0 bridgehead atoms. The molecule has 1 amide bonds. The maximum atomic E-state index is 12.4. The molecule has 0 aromatic heterocycles. The lowest BCUT2D eigenvalue weighted by Crippen LogP contribution is -2.50. The third kappa shape index (κ3) is 4.68. The summed E-state index contributed by atoms with van der Waals surface area (Å²) in [6.07, 6.45) is 0. The molecular formula is C21H23N3O6. The number of benzene rings is 2. The largest absolute Gasteiger partial charge is 0.495 e. The van der Waals surface area contributed by atoms with E-state index < -0.39 is 17.5 Å². The number of carbonyl (C=O) groups is 2. The second-order valence-corrected chi connectivity index (χ2v) is 6.87. The number of nitro groups is 1. The third-order valence-corrected chi connectivity index (χ3v) is 5.03. The molecule has 1 saturated heterocycles. The molecule has 3 rings (SSSR count). The van der Waals surface area contributed by atoms with Crippen molar-refractivity contribution in [2.75, 3.05) is 44.8 Å². The van der Waals surface area contributed by atoms with Crippen LogP contribution in [0.5, 0.6) is 5.75 Å². The van der Waals surface area contributed by atoms with E-state index in [0.717, 1.165) is 17.5 Å². The molecule has 2 aromatic rings. The molecule has 0 spiro atoms. The summed E-state index contributed by atoms with van der Waals surface area (Å²) in [6, 6.07) is 11.8. The van der Waals surface area contributed by atoms with Crippen LogP contribution in [0.15, 0.2) is 42.5 Å². The van der Waals surface area contributed by atoms with Crippen LogP contribution < -0.4 is 9.64 Å². The summed E-state index contributed by atoms with van der Waals surface area (Å²) >= 11 is 0. The van der Waals surface area contributed by atoms with Crippen LogP contribution in [0.2, 0.25) is 0 Å². The van der Waals surface area contributed by atoms with Gasteiger partial charge in [-0.2, -0.15) is 0 Å². The van der Waals surface area contributed by atoms with Crippen molar-refractivity contribution in [3.63, 3.8) is 0 Å². The highest BCUT2D eigenvalue weighted by Gasteiger charge is 2.24. The van der Waals surface area contributed by atoms with E-state index in [2.05, 4.69) is 4.90 Å². The summed E-state index contributed by atoms with van der Waals surface area (Å²) in [6.45, 7) is 3.42. The lowest BCUT2D eigenvalue weighted by Gasteiger charge is -2.36. The fourth-order valence-electron chi connectivity index (χ4n) is 3.32. The van der Waals surface area contributed by atoms with Gasteiger partial charge in [0.25, 0.3) is 11.6 Å². The molecule has 1 aliphatic heterocycles. The molecule has 0 aliphatic carbocycles. The van der Waals surface area contributed by atoms with Gasteiger partial charge in [-0.1, -0.05) is 18.2 Å². The first-order valence-corrected chi connectivity index (χ1v) is 9.48. The zero-order valence-corrected chi connectivity index (χ0v) is 16.9. The number of nitrogens with zero attached hydrogens (tertiary/aromatic N) is 3. The van der Waals surface area contributed by atoms with Crippen molar-refractivity contribution in [3.05, 3.63) is 63.7 Å². The van der Waals surface area contributed by atoms with Gasteiger partial charge >= 0.3 is 5.97 Å². The first-order valence-electron chi connectivity index (χ1n) is 9.48. The van der Waals surface area contributed by atoms with E-state index in [9.17, 15) is 19.7 Å². The number of para-hydroxylation sites is 2. The van der Waals surface area contributed by atoms with E-state index in [4.69, 9.17) is 9.47 Å².